The molecule has 0 atom stereocenters. The van der Waals surface area contributed by atoms with E-state index >= 15 is 0 Å². The van der Waals surface area contributed by atoms with Gasteiger partial charge >= 0.3 is 0 Å². The molecule has 0 amide bonds. The Labute approximate surface area is 167 Å². The molecule has 0 aliphatic heterocycles. The summed E-state index contributed by atoms with van der Waals surface area (Å²) < 4.78 is 25.0. The number of carbonyl (C=O) groups excluding carboxylic acids is 4. The van der Waals surface area contributed by atoms with Gasteiger partial charge in [0.25, 0.3) is 6.47 Å². The average Bonchev–Trinajstić information content (AvgIpc) is 2.71. The fraction of sp³-hybridized carbons (Fsp3) is 0.789. The predicted octanol–water partition coefficient (Wildman–Crippen LogP) is 1.15. The lowest BCUT2D eigenvalue weighted by atomic mass is 10.3. The second-order valence-corrected chi connectivity index (χ2v) is 5.34. The van der Waals surface area contributed by atoms with Crippen molar-refractivity contribution in [2.24, 2.45) is 0 Å². The summed E-state index contributed by atoms with van der Waals surface area (Å²) >= 11 is 0. The molecule has 0 saturated carbocycles. The predicted molar refractivity (Wildman–Crippen MR) is 101 cm³/mol. The summed E-state index contributed by atoms with van der Waals surface area (Å²) in [5.74, 6) is 0. The van der Waals surface area contributed by atoms with Crippen molar-refractivity contribution >= 4 is 25.3 Å². The standard InChI is InChI=1S/C10H18O4.C9H16O5/c11-5-1-3-7-13-9-10-14-8-4-2-6-12;10-3-1-2-4-12-5-6-13-7-8-14-9-11/h5-6H,1-4,7-10H2;3,9H,1-2,4-8H2. The van der Waals surface area contributed by atoms with E-state index in [-0.39, 0.29) is 6.61 Å². The van der Waals surface area contributed by atoms with E-state index < -0.39 is 0 Å². The van der Waals surface area contributed by atoms with Gasteiger partial charge in [0.2, 0.25) is 0 Å². The number of hydrogen-bond acceptors (Lipinski definition) is 9. The third-order valence-electron chi connectivity index (χ3n) is 2.99. The summed E-state index contributed by atoms with van der Waals surface area (Å²) in [7, 11) is 0. The minimum Gasteiger partial charge on any atom is -0.465 e. The van der Waals surface area contributed by atoms with Crippen LogP contribution in [0.4, 0.5) is 0 Å². The van der Waals surface area contributed by atoms with E-state index in [1.165, 1.54) is 0 Å². The van der Waals surface area contributed by atoms with Gasteiger partial charge in [0.15, 0.2) is 0 Å². The quantitative estimate of drug-likeness (QED) is 0.193. The molecule has 0 bridgehead atoms. The molecule has 0 saturated heterocycles. The van der Waals surface area contributed by atoms with Gasteiger partial charge in [-0.25, -0.2) is 0 Å². The van der Waals surface area contributed by atoms with Crippen molar-refractivity contribution in [3.8, 4) is 0 Å². The normalized spacial score (nSPS) is 9.86. The molecule has 0 radical (unpaired) electrons. The van der Waals surface area contributed by atoms with Gasteiger partial charge in [-0.15, -0.1) is 0 Å². The summed E-state index contributed by atoms with van der Waals surface area (Å²) in [5, 5.41) is 0. The minimum atomic E-state index is 0.272. The molecular formula is C19H34O9. The van der Waals surface area contributed by atoms with Crippen molar-refractivity contribution in [1.82, 2.24) is 0 Å². The molecule has 9 nitrogen and oxygen atoms in total. The number of hydrogen-bond donors (Lipinski definition) is 0. The fourth-order valence-electron chi connectivity index (χ4n) is 1.61. The van der Waals surface area contributed by atoms with Crippen LogP contribution in [0.5, 0.6) is 0 Å². The van der Waals surface area contributed by atoms with E-state index in [4.69, 9.17) is 18.9 Å². The van der Waals surface area contributed by atoms with Crippen molar-refractivity contribution < 1.29 is 42.9 Å². The van der Waals surface area contributed by atoms with Gasteiger partial charge in [0.1, 0.15) is 25.5 Å². The Kier molecular flexibility index (Phi) is 30.6. The van der Waals surface area contributed by atoms with Gasteiger partial charge in [0.05, 0.1) is 33.0 Å². The molecule has 9 heteroatoms. The lowest BCUT2D eigenvalue weighted by Gasteiger charge is -2.04. The van der Waals surface area contributed by atoms with Crippen molar-refractivity contribution in [3.05, 3.63) is 0 Å². The fourth-order valence-corrected chi connectivity index (χ4v) is 1.61. The molecule has 0 spiro atoms. The maximum absolute atomic E-state index is 9.93. The molecule has 0 unspecified atom stereocenters. The highest BCUT2D eigenvalue weighted by Gasteiger charge is 1.91. The first-order valence-electron chi connectivity index (χ1n) is 9.50. The highest BCUT2D eigenvalue weighted by Crippen LogP contribution is 1.89. The summed E-state index contributed by atoms with van der Waals surface area (Å²) in [6.07, 6.45) is 6.59. The van der Waals surface area contributed by atoms with E-state index in [0.717, 1.165) is 38.1 Å². The van der Waals surface area contributed by atoms with Crippen LogP contribution in [0.25, 0.3) is 0 Å². The van der Waals surface area contributed by atoms with Crippen LogP contribution in [0.15, 0.2) is 0 Å². The SMILES string of the molecule is O=CCCCOCCOCCCC=O.O=CCCCOCCOCCOC=O. The summed E-state index contributed by atoms with van der Waals surface area (Å²) in [6, 6.07) is 0. The zero-order valence-electron chi connectivity index (χ0n) is 16.6. The highest BCUT2D eigenvalue weighted by molar-refractivity contribution is 5.49. The summed E-state index contributed by atoms with van der Waals surface area (Å²) in [5.41, 5.74) is 0. The zero-order valence-corrected chi connectivity index (χ0v) is 16.6. The van der Waals surface area contributed by atoms with Crippen LogP contribution >= 0.6 is 0 Å². The van der Waals surface area contributed by atoms with Crippen LogP contribution in [-0.2, 0) is 42.9 Å². The molecule has 0 aromatic rings. The molecule has 164 valence electrons. The maximum Gasteiger partial charge on any atom is 0.293 e. The highest BCUT2D eigenvalue weighted by atomic mass is 16.6. The second kappa shape index (κ2) is 30.1. The number of aldehydes is 3. The van der Waals surface area contributed by atoms with Gasteiger partial charge in [-0.05, 0) is 19.3 Å². The number of carbonyl (C=O) groups is 4. The monoisotopic (exact) mass is 406 g/mol. The Morgan fingerprint density at radius 3 is 1.07 bits per heavy atom. The van der Waals surface area contributed by atoms with E-state index in [1.54, 1.807) is 0 Å². The Bertz CT molecular complexity index is 273. The minimum absolute atomic E-state index is 0.272. The largest absolute Gasteiger partial charge is 0.465 e. The zero-order chi connectivity index (χ0) is 21.0. The first-order valence-corrected chi connectivity index (χ1v) is 9.50. The van der Waals surface area contributed by atoms with Crippen molar-refractivity contribution in [3.63, 3.8) is 0 Å². The number of ether oxygens (including phenoxy) is 5. The Balaban J connectivity index is 0. The van der Waals surface area contributed by atoms with Crippen LogP contribution in [-0.4, -0.2) is 84.8 Å². The van der Waals surface area contributed by atoms with Gasteiger partial charge in [-0.1, -0.05) is 0 Å². The van der Waals surface area contributed by atoms with Crippen LogP contribution in [0.3, 0.4) is 0 Å². The van der Waals surface area contributed by atoms with E-state index in [0.29, 0.717) is 78.6 Å². The van der Waals surface area contributed by atoms with E-state index in [9.17, 15) is 19.2 Å². The summed E-state index contributed by atoms with van der Waals surface area (Å²) in [4.78, 5) is 39.5. The Hall–Kier alpha value is -1.68. The smallest absolute Gasteiger partial charge is 0.293 e. The molecule has 0 N–H and O–H groups in total. The lowest BCUT2D eigenvalue weighted by Crippen LogP contribution is -2.09. The second-order valence-electron chi connectivity index (χ2n) is 5.34. The molecule has 28 heavy (non-hydrogen) atoms. The van der Waals surface area contributed by atoms with E-state index in [2.05, 4.69) is 4.74 Å². The van der Waals surface area contributed by atoms with E-state index in [1.807, 2.05) is 0 Å². The maximum atomic E-state index is 9.93. The van der Waals surface area contributed by atoms with Crippen molar-refractivity contribution in [1.29, 1.82) is 0 Å². The molecule has 0 aliphatic carbocycles. The van der Waals surface area contributed by atoms with Crippen molar-refractivity contribution in [2.45, 2.75) is 38.5 Å². The van der Waals surface area contributed by atoms with Crippen molar-refractivity contribution in [2.75, 3.05) is 59.5 Å². The Morgan fingerprint density at radius 1 is 0.429 bits per heavy atom. The Morgan fingerprint density at radius 2 is 0.750 bits per heavy atom. The van der Waals surface area contributed by atoms with Crippen LogP contribution in [0.2, 0.25) is 0 Å². The van der Waals surface area contributed by atoms with Crippen LogP contribution in [0, 0.1) is 0 Å². The van der Waals surface area contributed by atoms with Crippen LogP contribution in [0.1, 0.15) is 38.5 Å². The van der Waals surface area contributed by atoms with Crippen LogP contribution < -0.4 is 0 Å². The first-order chi connectivity index (χ1) is 13.8. The summed E-state index contributed by atoms with van der Waals surface area (Å²) in [6.45, 7) is 4.92. The third-order valence-corrected chi connectivity index (χ3v) is 2.99. The molecule has 0 fully saturated rings. The third kappa shape index (κ3) is 32.0. The number of unbranched alkanes of at least 4 members (excludes halogenated alkanes) is 3. The molecule has 0 rings (SSSR count). The van der Waals surface area contributed by atoms with Gasteiger partial charge < -0.3 is 38.1 Å². The molecule has 0 aromatic carbocycles. The molecule has 0 aromatic heterocycles. The average molecular weight is 406 g/mol. The number of rotatable bonds is 22. The first kappa shape index (κ1) is 28.5. The van der Waals surface area contributed by atoms with Gasteiger partial charge in [-0.3, -0.25) is 4.79 Å². The molecule has 0 aliphatic rings. The van der Waals surface area contributed by atoms with Gasteiger partial charge in [0, 0.05) is 39.1 Å². The molecular weight excluding hydrogens is 372 g/mol. The topological polar surface area (TPSA) is 114 Å². The molecule has 0 heterocycles. The van der Waals surface area contributed by atoms with Gasteiger partial charge in [-0.2, -0.15) is 0 Å². The lowest BCUT2D eigenvalue weighted by molar-refractivity contribution is -0.130.